The summed E-state index contributed by atoms with van der Waals surface area (Å²) in [6.07, 6.45) is 8.01. The van der Waals surface area contributed by atoms with Crippen LogP contribution in [0.5, 0.6) is 11.5 Å². The number of urea groups is 1. The number of methoxy groups -OCH3 is 2. The topological polar surface area (TPSA) is 121 Å². The number of likely N-dealkylation sites (tertiary alicyclic amines) is 1. The lowest BCUT2D eigenvalue weighted by Crippen LogP contribution is -2.55. The molecule has 0 spiro atoms. The van der Waals surface area contributed by atoms with Gasteiger partial charge in [0, 0.05) is 68.9 Å². The van der Waals surface area contributed by atoms with E-state index in [-0.39, 0.29) is 40.3 Å². The van der Waals surface area contributed by atoms with Gasteiger partial charge in [-0.25, -0.2) is 9.78 Å². The number of amides is 3. The predicted molar refractivity (Wildman–Crippen MR) is 169 cm³/mol. The van der Waals surface area contributed by atoms with Crippen molar-refractivity contribution in [1.29, 1.82) is 0 Å². The number of fused-ring (bicyclic) bond motifs is 1. The zero-order chi connectivity index (χ0) is 31.5. The van der Waals surface area contributed by atoms with E-state index in [0.717, 1.165) is 0 Å². The number of likely N-dealkylation sites (N-methyl/N-ethyl adjacent to an activating group) is 1. The van der Waals surface area contributed by atoms with Crippen LogP contribution in [0.4, 0.5) is 28.1 Å². The second-order valence-corrected chi connectivity index (χ2v) is 11.5. The summed E-state index contributed by atoms with van der Waals surface area (Å²) >= 11 is 13.5. The van der Waals surface area contributed by atoms with E-state index in [1.165, 1.54) is 19.1 Å². The predicted octanol–water partition coefficient (Wildman–Crippen LogP) is 4.33. The van der Waals surface area contributed by atoms with Gasteiger partial charge >= 0.3 is 6.03 Å². The van der Waals surface area contributed by atoms with Gasteiger partial charge in [0.15, 0.2) is 5.82 Å². The minimum atomic E-state index is -0.366. The van der Waals surface area contributed by atoms with Gasteiger partial charge in [-0.1, -0.05) is 29.3 Å². The molecule has 0 aliphatic carbocycles. The van der Waals surface area contributed by atoms with Gasteiger partial charge in [0.2, 0.25) is 11.9 Å². The first-order chi connectivity index (χ1) is 21.1. The van der Waals surface area contributed by atoms with Crippen LogP contribution in [0, 0.1) is 0 Å². The first kappa shape index (κ1) is 31.4. The highest BCUT2D eigenvalue weighted by atomic mass is 35.5. The molecule has 1 N–H and O–H groups in total. The fraction of sp³-hybridized carbons (Fsp3) is 0.414. The average molecular weight is 645 g/mol. The van der Waals surface area contributed by atoms with Crippen LogP contribution in [-0.2, 0) is 18.4 Å². The molecule has 2 aliphatic rings. The Labute approximate surface area is 265 Å². The number of rotatable bonds is 9. The molecule has 0 unspecified atom stereocenters. The lowest BCUT2D eigenvalue weighted by Gasteiger charge is -2.43. The van der Waals surface area contributed by atoms with Crippen LogP contribution in [0.1, 0.15) is 18.4 Å². The fourth-order valence-corrected chi connectivity index (χ4v) is 5.97. The van der Waals surface area contributed by atoms with E-state index in [1.807, 2.05) is 32.1 Å². The molecule has 0 radical (unpaired) electrons. The number of anilines is 4. The second-order valence-electron chi connectivity index (χ2n) is 10.8. The number of aromatic nitrogens is 4. The number of ether oxygens (including phenoxy) is 2. The standard InChI is InChI=1S/C29H35Cl2N9O4/c1-36(2)11-6-7-23(41)38-13-8-19(9-14-38)40-27-18(16-32-28(34-27)33-22-10-12-37(3)35-22)17-39(29(40)42)26-24(30)20(43-4)15-21(44-5)25(26)31/h6-7,10,12,15-16,19H,8-9,11,13-14,17H2,1-5H3,(H,32,33,34,35)/b7-6+. The maximum atomic E-state index is 14.4. The van der Waals surface area contributed by atoms with E-state index in [1.54, 1.807) is 45.1 Å². The summed E-state index contributed by atoms with van der Waals surface area (Å²) in [6, 6.07) is 2.75. The Balaban J connectivity index is 1.50. The van der Waals surface area contributed by atoms with E-state index in [9.17, 15) is 9.59 Å². The van der Waals surface area contributed by atoms with Crippen molar-refractivity contribution in [2.75, 3.05) is 63.1 Å². The third-order valence-corrected chi connectivity index (χ3v) is 8.21. The normalized spacial score (nSPS) is 15.7. The SMILES string of the molecule is COc1cc(OC)c(Cl)c(N2Cc3cnc(Nc4ccn(C)n4)nc3N(C3CCN(C(=O)/C=C/CN(C)C)CC3)C2=O)c1Cl. The number of nitrogens with zero attached hydrogens (tertiary/aromatic N) is 8. The van der Waals surface area contributed by atoms with Crippen molar-refractivity contribution in [2.24, 2.45) is 7.05 Å². The molecule has 3 aromatic rings. The molecular weight excluding hydrogens is 609 g/mol. The number of carbonyl (C=O) groups excluding carboxylic acids is 2. The molecule has 44 heavy (non-hydrogen) atoms. The Morgan fingerprint density at radius 2 is 1.84 bits per heavy atom. The van der Waals surface area contributed by atoms with E-state index in [0.29, 0.717) is 67.1 Å². The van der Waals surface area contributed by atoms with Gasteiger partial charge in [0.05, 0.1) is 26.5 Å². The summed E-state index contributed by atoms with van der Waals surface area (Å²) in [7, 11) is 8.66. The summed E-state index contributed by atoms with van der Waals surface area (Å²) in [5.74, 6) is 1.91. The maximum Gasteiger partial charge on any atom is 0.330 e. The molecule has 3 amide bonds. The number of hydrogen-bond acceptors (Lipinski definition) is 9. The third-order valence-electron chi connectivity index (χ3n) is 7.48. The number of aryl methyl sites for hydroxylation is 1. The van der Waals surface area contributed by atoms with E-state index in [2.05, 4.69) is 15.4 Å². The Hall–Kier alpha value is -4.07. The fourth-order valence-electron chi connectivity index (χ4n) is 5.26. The maximum absolute atomic E-state index is 14.4. The molecule has 1 saturated heterocycles. The van der Waals surface area contributed by atoms with E-state index in [4.69, 9.17) is 37.7 Å². The molecule has 0 atom stereocenters. The monoisotopic (exact) mass is 643 g/mol. The molecule has 2 aliphatic heterocycles. The molecule has 1 fully saturated rings. The van der Waals surface area contributed by atoms with Gasteiger partial charge in [-0.3, -0.25) is 19.3 Å². The number of nitrogens with one attached hydrogen (secondary N) is 1. The minimum absolute atomic E-state index is 0.0523. The zero-order valence-corrected chi connectivity index (χ0v) is 26.8. The Bertz CT molecular complexity index is 1540. The van der Waals surface area contributed by atoms with Crippen molar-refractivity contribution >= 4 is 58.4 Å². The van der Waals surface area contributed by atoms with E-state index < -0.39 is 0 Å². The molecule has 4 heterocycles. The van der Waals surface area contributed by atoms with Gasteiger partial charge in [-0.2, -0.15) is 10.1 Å². The highest BCUT2D eigenvalue weighted by molar-refractivity contribution is 6.42. The lowest BCUT2D eigenvalue weighted by atomic mass is 10.0. The Kier molecular flexibility index (Phi) is 9.47. The summed E-state index contributed by atoms with van der Waals surface area (Å²) in [6.45, 7) is 1.74. The summed E-state index contributed by atoms with van der Waals surface area (Å²) < 4.78 is 12.6. The van der Waals surface area contributed by atoms with Crippen LogP contribution in [0.2, 0.25) is 10.0 Å². The first-order valence-electron chi connectivity index (χ1n) is 14.0. The summed E-state index contributed by atoms with van der Waals surface area (Å²) in [5.41, 5.74) is 0.953. The summed E-state index contributed by atoms with van der Waals surface area (Å²) in [4.78, 5) is 43.5. The Morgan fingerprint density at radius 3 is 2.43 bits per heavy atom. The van der Waals surface area contributed by atoms with Crippen molar-refractivity contribution in [3.63, 3.8) is 0 Å². The van der Waals surface area contributed by atoms with Crippen LogP contribution < -0.4 is 24.6 Å². The molecule has 0 saturated carbocycles. The van der Waals surface area contributed by atoms with Gasteiger partial charge in [0.1, 0.15) is 27.4 Å². The van der Waals surface area contributed by atoms with E-state index >= 15 is 0 Å². The van der Waals surface area contributed by atoms with Gasteiger partial charge in [-0.15, -0.1) is 0 Å². The summed E-state index contributed by atoms with van der Waals surface area (Å²) in [5, 5.41) is 7.80. The molecular formula is C29H35Cl2N9O4. The van der Waals surface area contributed by atoms with Crippen molar-refractivity contribution < 1.29 is 19.1 Å². The van der Waals surface area contributed by atoms with Gasteiger partial charge in [0.25, 0.3) is 0 Å². The number of benzene rings is 1. The number of halogens is 2. The largest absolute Gasteiger partial charge is 0.495 e. The highest BCUT2D eigenvalue weighted by Gasteiger charge is 2.41. The van der Waals surface area contributed by atoms with Crippen LogP contribution in [0.15, 0.2) is 36.7 Å². The minimum Gasteiger partial charge on any atom is -0.495 e. The van der Waals surface area contributed by atoms with Crippen LogP contribution in [0.3, 0.4) is 0 Å². The smallest absolute Gasteiger partial charge is 0.330 e. The molecule has 2 aromatic heterocycles. The van der Waals surface area contributed by atoms with Crippen molar-refractivity contribution in [1.82, 2.24) is 29.5 Å². The average Bonchev–Trinajstić information content (AvgIpc) is 3.41. The number of hydrogen-bond donors (Lipinski definition) is 1. The van der Waals surface area contributed by atoms with Crippen LogP contribution >= 0.6 is 23.2 Å². The van der Waals surface area contributed by atoms with Gasteiger partial charge in [-0.05, 0) is 26.9 Å². The van der Waals surface area contributed by atoms with Crippen LogP contribution in [0.25, 0.3) is 0 Å². The molecule has 13 nitrogen and oxygen atoms in total. The van der Waals surface area contributed by atoms with Crippen molar-refractivity contribution in [3.8, 4) is 11.5 Å². The quantitative estimate of drug-likeness (QED) is 0.340. The molecule has 234 valence electrons. The van der Waals surface area contributed by atoms with Crippen LogP contribution in [-0.4, -0.2) is 95.5 Å². The highest BCUT2D eigenvalue weighted by Crippen LogP contribution is 2.48. The zero-order valence-electron chi connectivity index (χ0n) is 25.3. The Morgan fingerprint density at radius 1 is 1.16 bits per heavy atom. The van der Waals surface area contributed by atoms with Crippen molar-refractivity contribution in [3.05, 3.63) is 52.3 Å². The number of piperidine rings is 1. The lowest BCUT2D eigenvalue weighted by molar-refractivity contribution is -0.127. The number of carbonyl (C=O) groups is 2. The van der Waals surface area contributed by atoms with Crippen molar-refractivity contribution in [2.45, 2.75) is 25.4 Å². The molecule has 15 heteroatoms. The molecule has 1 aromatic carbocycles. The van der Waals surface area contributed by atoms with Gasteiger partial charge < -0.3 is 24.6 Å². The molecule has 5 rings (SSSR count). The first-order valence-corrected chi connectivity index (χ1v) is 14.8. The third kappa shape index (κ3) is 6.40. The second kappa shape index (κ2) is 13.3. The molecule has 0 bridgehead atoms.